The van der Waals surface area contributed by atoms with Gasteiger partial charge in [0, 0.05) is 18.3 Å². The highest BCUT2D eigenvalue weighted by Gasteiger charge is 2.68. The molecule has 0 aromatic carbocycles. The maximum atomic E-state index is 13.4. The molecule has 0 heterocycles. The molecule has 0 bridgehead atoms. The van der Waals surface area contributed by atoms with E-state index in [0.717, 1.165) is 18.4 Å². The van der Waals surface area contributed by atoms with Gasteiger partial charge in [0.1, 0.15) is 17.7 Å². The van der Waals surface area contributed by atoms with Crippen LogP contribution in [-0.4, -0.2) is 81.0 Å². The van der Waals surface area contributed by atoms with Crippen LogP contribution in [0.3, 0.4) is 0 Å². The fourth-order valence-electron chi connectivity index (χ4n) is 8.93. The van der Waals surface area contributed by atoms with Gasteiger partial charge in [-0.15, -0.1) is 0 Å². The standard InChI is InChI=1S/C33H48N2O10/c1-5-6-23(30(42)43)35-29(41)18(2)34-26(39)9-10-27(40)45-17-25(38)33(44)14-12-22-21-8-7-19-15-20(36)11-13-31(19,3)28(21)24(37)16-32(22,33)4/h15,18,21-24,28,37,44H,5-14,16-17H2,1-4H3,(H,34,39)(H,35,41)(H,42,43)/t18-,21+,22+,23-,24+,28-,31+,32+,33+/m1/s1. The highest BCUT2D eigenvalue weighted by Crippen LogP contribution is 2.67. The average Bonchev–Trinajstić information content (AvgIpc) is 3.25. The molecule has 0 aromatic heterocycles. The molecule has 0 radical (unpaired) electrons. The van der Waals surface area contributed by atoms with Crippen molar-refractivity contribution in [3.8, 4) is 0 Å². The second kappa shape index (κ2) is 13.3. The predicted octanol–water partition coefficient (Wildman–Crippen LogP) is 1.99. The lowest BCUT2D eigenvalue weighted by Crippen LogP contribution is -2.62. The van der Waals surface area contributed by atoms with Gasteiger partial charge in [0.25, 0.3) is 0 Å². The lowest BCUT2D eigenvalue weighted by molar-refractivity contribution is -0.184. The van der Waals surface area contributed by atoms with Gasteiger partial charge in [-0.05, 0) is 81.1 Å². The summed E-state index contributed by atoms with van der Waals surface area (Å²) in [6.45, 7) is 6.51. The molecule has 12 nitrogen and oxygen atoms in total. The van der Waals surface area contributed by atoms with Crippen LogP contribution in [-0.2, 0) is 33.5 Å². The lowest BCUT2D eigenvalue weighted by Gasteiger charge is -2.60. The van der Waals surface area contributed by atoms with E-state index >= 15 is 0 Å². The first-order chi connectivity index (χ1) is 21.1. The molecule has 3 saturated carbocycles. The van der Waals surface area contributed by atoms with E-state index in [1.807, 2.05) is 6.92 Å². The Morgan fingerprint density at radius 3 is 2.44 bits per heavy atom. The average molecular weight is 633 g/mol. The number of carbonyl (C=O) groups excluding carboxylic acids is 5. The summed E-state index contributed by atoms with van der Waals surface area (Å²) in [7, 11) is 0. The minimum Gasteiger partial charge on any atom is -0.480 e. The number of amides is 2. The van der Waals surface area contributed by atoms with Crippen molar-refractivity contribution in [2.24, 2.45) is 28.6 Å². The SMILES string of the molecule is CCC[C@@H](NC(=O)[C@@H](C)NC(=O)CCC(=O)OCC(=O)[C@@]1(O)CC[C@H]2[C@@H]3CCC4=CC(=O)CC[C@]4(C)[C@H]3[C@@H](O)C[C@@]21C)C(=O)O. The number of ketones is 2. The van der Waals surface area contributed by atoms with Gasteiger partial charge in [-0.3, -0.25) is 24.0 Å². The molecule has 9 atom stereocenters. The monoisotopic (exact) mass is 632 g/mol. The maximum absolute atomic E-state index is 13.4. The van der Waals surface area contributed by atoms with Crippen LogP contribution in [0.5, 0.6) is 0 Å². The van der Waals surface area contributed by atoms with Gasteiger partial charge in [-0.2, -0.15) is 0 Å². The normalized spacial score (nSPS) is 35.1. The fourth-order valence-corrected chi connectivity index (χ4v) is 8.93. The Hall–Kier alpha value is -3.12. The lowest BCUT2D eigenvalue weighted by atomic mass is 9.45. The number of nitrogens with one attached hydrogen (secondary N) is 2. The first-order valence-corrected chi connectivity index (χ1v) is 16.2. The molecule has 250 valence electrons. The molecule has 0 spiro atoms. The molecule has 4 rings (SSSR count). The summed E-state index contributed by atoms with van der Waals surface area (Å²) in [5.41, 5.74) is -1.88. The van der Waals surface area contributed by atoms with Gasteiger partial charge in [0.05, 0.1) is 12.5 Å². The number of hydrogen-bond acceptors (Lipinski definition) is 9. The number of esters is 1. The van der Waals surface area contributed by atoms with Gasteiger partial charge in [-0.1, -0.05) is 32.8 Å². The first-order valence-electron chi connectivity index (χ1n) is 16.2. The highest BCUT2D eigenvalue weighted by molar-refractivity contribution is 5.93. The third-order valence-corrected chi connectivity index (χ3v) is 11.4. The zero-order valence-electron chi connectivity index (χ0n) is 26.7. The van der Waals surface area contributed by atoms with Crippen LogP contribution in [0.1, 0.15) is 98.3 Å². The molecule has 5 N–H and O–H groups in total. The molecule has 0 aromatic rings. The number of aliphatic carboxylic acids is 1. The number of ether oxygens (including phenoxy) is 1. The predicted molar refractivity (Wildman–Crippen MR) is 160 cm³/mol. The molecule has 45 heavy (non-hydrogen) atoms. The van der Waals surface area contributed by atoms with Crippen LogP contribution in [0.15, 0.2) is 11.6 Å². The van der Waals surface area contributed by atoms with E-state index in [1.54, 1.807) is 13.0 Å². The molecule has 0 unspecified atom stereocenters. The number of aliphatic hydroxyl groups is 2. The number of carboxylic acid groups (broad SMARTS) is 1. The number of fused-ring (bicyclic) bond motifs is 5. The summed E-state index contributed by atoms with van der Waals surface area (Å²) in [5.74, 6) is -3.77. The van der Waals surface area contributed by atoms with Crippen molar-refractivity contribution >= 4 is 35.3 Å². The second-order valence-corrected chi connectivity index (χ2v) is 14.0. The molecular formula is C33H48N2O10. The first kappa shape index (κ1) is 34.7. The Morgan fingerprint density at radius 2 is 1.78 bits per heavy atom. The van der Waals surface area contributed by atoms with E-state index in [-0.39, 0.29) is 61.1 Å². The molecule has 4 aliphatic carbocycles. The third-order valence-electron chi connectivity index (χ3n) is 11.4. The van der Waals surface area contributed by atoms with Gasteiger partial charge in [0.15, 0.2) is 12.4 Å². The largest absolute Gasteiger partial charge is 0.480 e. The van der Waals surface area contributed by atoms with E-state index in [1.165, 1.54) is 6.92 Å². The maximum Gasteiger partial charge on any atom is 0.326 e. The van der Waals surface area contributed by atoms with E-state index in [4.69, 9.17) is 4.74 Å². The number of aliphatic hydroxyl groups excluding tert-OH is 1. The molecule has 12 heteroatoms. The minimum atomic E-state index is -1.78. The number of carboxylic acids is 1. The third kappa shape index (κ3) is 6.58. The van der Waals surface area contributed by atoms with Crippen LogP contribution in [0, 0.1) is 28.6 Å². The van der Waals surface area contributed by atoms with Crippen molar-refractivity contribution in [3.05, 3.63) is 11.6 Å². The van der Waals surface area contributed by atoms with Gasteiger partial charge >= 0.3 is 11.9 Å². The van der Waals surface area contributed by atoms with Crippen molar-refractivity contribution in [2.75, 3.05) is 6.61 Å². The number of rotatable bonds is 12. The van der Waals surface area contributed by atoms with Crippen molar-refractivity contribution in [2.45, 2.75) is 122 Å². The second-order valence-electron chi connectivity index (χ2n) is 14.0. The molecule has 3 fully saturated rings. The van der Waals surface area contributed by atoms with Crippen molar-refractivity contribution in [3.63, 3.8) is 0 Å². The summed E-state index contributed by atoms with van der Waals surface area (Å²) in [5, 5.41) is 37.3. The molecular weight excluding hydrogens is 584 g/mol. The number of carbonyl (C=O) groups is 6. The van der Waals surface area contributed by atoms with Crippen molar-refractivity contribution in [1.29, 1.82) is 0 Å². The van der Waals surface area contributed by atoms with Crippen molar-refractivity contribution < 1.29 is 48.8 Å². The Morgan fingerprint density at radius 1 is 1.07 bits per heavy atom. The Bertz CT molecular complexity index is 1260. The fraction of sp³-hybridized carbons (Fsp3) is 0.758. The highest BCUT2D eigenvalue weighted by atomic mass is 16.5. The van der Waals surface area contributed by atoms with Gasteiger partial charge in [0.2, 0.25) is 17.6 Å². The van der Waals surface area contributed by atoms with E-state index in [2.05, 4.69) is 17.6 Å². The molecule has 4 aliphatic rings. The van der Waals surface area contributed by atoms with Crippen LogP contribution >= 0.6 is 0 Å². The van der Waals surface area contributed by atoms with Crippen LogP contribution < -0.4 is 10.6 Å². The smallest absolute Gasteiger partial charge is 0.326 e. The summed E-state index contributed by atoms with van der Waals surface area (Å²) >= 11 is 0. The number of Topliss-reactive ketones (excluding diaryl/α,β-unsaturated/α-hetero) is 1. The Balaban J connectivity index is 1.30. The summed E-state index contributed by atoms with van der Waals surface area (Å²) in [6.07, 6.45) is 4.80. The number of hydrogen-bond donors (Lipinski definition) is 5. The zero-order chi connectivity index (χ0) is 33.3. The molecule has 2 amide bonds. The van der Waals surface area contributed by atoms with Gasteiger partial charge in [-0.25, -0.2) is 4.79 Å². The van der Waals surface area contributed by atoms with Crippen LogP contribution in [0.2, 0.25) is 0 Å². The summed E-state index contributed by atoms with van der Waals surface area (Å²) in [4.78, 5) is 73.9. The topological polar surface area (TPSA) is 196 Å². The molecule has 0 aliphatic heterocycles. The van der Waals surface area contributed by atoms with Gasteiger partial charge < -0.3 is 30.7 Å². The quantitative estimate of drug-likeness (QED) is 0.198. The van der Waals surface area contributed by atoms with Crippen LogP contribution in [0.4, 0.5) is 0 Å². The summed E-state index contributed by atoms with van der Waals surface area (Å²) in [6, 6.07) is -2.10. The summed E-state index contributed by atoms with van der Waals surface area (Å²) < 4.78 is 5.17. The van der Waals surface area contributed by atoms with Crippen LogP contribution in [0.25, 0.3) is 0 Å². The Kier molecular flexibility index (Phi) is 10.3. The van der Waals surface area contributed by atoms with Crippen molar-refractivity contribution in [1.82, 2.24) is 10.6 Å². The van der Waals surface area contributed by atoms with E-state index in [0.29, 0.717) is 25.7 Å². The number of allylic oxidation sites excluding steroid dienone is 1. The molecule has 0 saturated heterocycles. The Labute approximate surface area is 263 Å². The zero-order valence-corrected chi connectivity index (χ0v) is 26.7. The van der Waals surface area contributed by atoms with E-state index in [9.17, 15) is 44.1 Å². The minimum absolute atomic E-state index is 0.0119. The van der Waals surface area contributed by atoms with E-state index < -0.39 is 65.3 Å².